The molecule has 0 atom stereocenters. The molecule has 1 heterocycles. The highest BCUT2D eigenvalue weighted by Crippen LogP contribution is 2.27. The minimum absolute atomic E-state index is 0.217. The SMILES string of the molecule is O=C(O)Cc1c(C(=O)c2ccc(-c3cccc(Cl)c3)cc2)[nH]c2ccccc12. The van der Waals surface area contributed by atoms with E-state index in [1.807, 2.05) is 60.7 Å². The van der Waals surface area contributed by atoms with E-state index in [4.69, 9.17) is 11.6 Å². The van der Waals surface area contributed by atoms with Crippen molar-refractivity contribution in [2.24, 2.45) is 0 Å². The Morgan fingerprint density at radius 2 is 1.64 bits per heavy atom. The molecule has 0 amide bonds. The summed E-state index contributed by atoms with van der Waals surface area (Å²) in [5.41, 5.74) is 3.97. The number of aromatic amines is 1. The molecule has 4 aromatic rings. The zero-order valence-electron chi connectivity index (χ0n) is 14.8. The molecule has 3 aromatic carbocycles. The Labute approximate surface area is 166 Å². The maximum absolute atomic E-state index is 13.1. The second kappa shape index (κ2) is 7.33. The number of H-pyrrole nitrogens is 1. The molecule has 2 N–H and O–H groups in total. The first-order valence-electron chi connectivity index (χ1n) is 8.75. The van der Waals surface area contributed by atoms with Gasteiger partial charge in [0.1, 0.15) is 0 Å². The molecule has 0 saturated carbocycles. The molecule has 0 aliphatic rings. The summed E-state index contributed by atoms with van der Waals surface area (Å²) in [7, 11) is 0. The van der Waals surface area contributed by atoms with Crippen molar-refractivity contribution >= 4 is 34.3 Å². The van der Waals surface area contributed by atoms with Crippen molar-refractivity contribution < 1.29 is 14.7 Å². The third kappa shape index (κ3) is 3.42. The van der Waals surface area contributed by atoms with Crippen LogP contribution < -0.4 is 0 Å². The van der Waals surface area contributed by atoms with Gasteiger partial charge in [-0.3, -0.25) is 9.59 Å². The van der Waals surface area contributed by atoms with Gasteiger partial charge in [0.25, 0.3) is 0 Å². The highest BCUT2D eigenvalue weighted by atomic mass is 35.5. The van der Waals surface area contributed by atoms with Crippen molar-refractivity contribution in [3.63, 3.8) is 0 Å². The van der Waals surface area contributed by atoms with E-state index in [2.05, 4.69) is 4.98 Å². The van der Waals surface area contributed by atoms with Gasteiger partial charge in [0, 0.05) is 27.1 Å². The highest BCUT2D eigenvalue weighted by molar-refractivity contribution is 6.30. The first-order valence-corrected chi connectivity index (χ1v) is 9.13. The summed E-state index contributed by atoms with van der Waals surface area (Å²) in [5, 5.41) is 10.7. The number of rotatable bonds is 5. The van der Waals surface area contributed by atoms with Gasteiger partial charge in [0.15, 0.2) is 0 Å². The minimum Gasteiger partial charge on any atom is -0.481 e. The van der Waals surface area contributed by atoms with Crippen LogP contribution in [0.4, 0.5) is 0 Å². The molecule has 138 valence electrons. The van der Waals surface area contributed by atoms with Crippen molar-refractivity contribution in [1.82, 2.24) is 4.98 Å². The summed E-state index contributed by atoms with van der Waals surface area (Å²) in [6.07, 6.45) is -0.217. The largest absolute Gasteiger partial charge is 0.481 e. The lowest BCUT2D eigenvalue weighted by molar-refractivity contribution is -0.136. The number of carboxylic acids is 1. The van der Waals surface area contributed by atoms with E-state index < -0.39 is 5.97 Å². The zero-order valence-corrected chi connectivity index (χ0v) is 15.5. The molecule has 0 radical (unpaired) electrons. The normalized spacial score (nSPS) is 10.9. The van der Waals surface area contributed by atoms with Crippen LogP contribution in [0.2, 0.25) is 5.02 Å². The fourth-order valence-corrected chi connectivity index (χ4v) is 3.55. The molecule has 1 aromatic heterocycles. The van der Waals surface area contributed by atoms with Crippen LogP contribution in [-0.2, 0) is 11.2 Å². The summed E-state index contributed by atoms with van der Waals surface area (Å²) in [4.78, 5) is 27.5. The number of halogens is 1. The van der Waals surface area contributed by atoms with Crippen LogP contribution in [-0.4, -0.2) is 21.8 Å². The third-order valence-electron chi connectivity index (χ3n) is 4.67. The zero-order chi connectivity index (χ0) is 19.7. The number of carbonyl (C=O) groups is 2. The topological polar surface area (TPSA) is 70.2 Å². The van der Waals surface area contributed by atoms with Gasteiger partial charge in [0.2, 0.25) is 5.78 Å². The maximum atomic E-state index is 13.1. The van der Waals surface area contributed by atoms with Gasteiger partial charge in [0.05, 0.1) is 12.1 Å². The second-order valence-electron chi connectivity index (χ2n) is 6.51. The number of aliphatic carboxylic acids is 1. The van der Waals surface area contributed by atoms with Crippen LogP contribution >= 0.6 is 11.6 Å². The fourth-order valence-electron chi connectivity index (χ4n) is 3.36. The molecule has 0 saturated heterocycles. The van der Waals surface area contributed by atoms with Crippen LogP contribution in [0, 0.1) is 0 Å². The number of nitrogens with one attached hydrogen (secondary N) is 1. The third-order valence-corrected chi connectivity index (χ3v) is 4.91. The number of carboxylic acid groups (broad SMARTS) is 1. The number of para-hydroxylation sites is 1. The van der Waals surface area contributed by atoms with E-state index in [0.717, 1.165) is 22.0 Å². The van der Waals surface area contributed by atoms with E-state index in [1.165, 1.54) is 0 Å². The maximum Gasteiger partial charge on any atom is 0.307 e. The van der Waals surface area contributed by atoms with Gasteiger partial charge in [-0.25, -0.2) is 0 Å². The quantitative estimate of drug-likeness (QED) is 0.452. The molecule has 0 bridgehead atoms. The molecule has 4 nitrogen and oxygen atoms in total. The minimum atomic E-state index is -0.977. The van der Waals surface area contributed by atoms with Crippen LogP contribution in [0.1, 0.15) is 21.6 Å². The van der Waals surface area contributed by atoms with Crippen molar-refractivity contribution in [3.05, 3.63) is 94.6 Å². The number of carbonyl (C=O) groups excluding carboxylic acids is 1. The van der Waals surface area contributed by atoms with Gasteiger partial charge in [-0.05, 0) is 29.3 Å². The van der Waals surface area contributed by atoms with Crippen molar-refractivity contribution in [3.8, 4) is 11.1 Å². The Hall–Kier alpha value is -3.37. The van der Waals surface area contributed by atoms with Crippen molar-refractivity contribution in [1.29, 1.82) is 0 Å². The predicted octanol–water partition coefficient (Wildman–Crippen LogP) is 5.35. The van der Waals surface area contributed by atoms with E-state index in [0.29, 0.717) is 21.8 Å². The Morgan fingerprint density at radius 3 is 2.36 bits per heavy atom. The number of aromatic nitrogens is 1. The van der Waals surface area contributed by atoms with Gasteiger partial charge in [-0.1, -0.05) is 66.2 Å². The van der Waals surface area contributed by atoms with E-state index in [-0.39, 0.29) is 12.2 Å². The number of benzene rings is 3. The molecule has 5 heteroatoms. The molecule has 0 fully saturated rings. The number of hydrogen-bond acceptors (Lipinski definition) is 2. The van der Waals surface area contributed by atoms with Crippen LogP contribution in [0.3, 0.4) is 0 Å². The Bertz CT molecular complexity index is 1190. The standard InChI is InChI=1S/C23H16ClNO3/c24-17-5-3-4-16(12-17)14-8-10-15(11-9-14)23(28)22-19(13-21(26)27)18-6-1-2-7-20(18)25-22/h1-12,25H,13H2,(H,26,27). The predicted molar refractivity (Wildman–Crippen MR) is 110 cm³/mol. The van der Waals surface area contributed by atoms with Gasteiger partial charge in [-0.2, -0.15) is 0 Å². The number of fused-ring (bicyclic) bond motifs is 1. The summed E-state index contributed by atoms with van der Waals surface area (Å²) in [6.45, 7) is 0. The van der Waals surface area contributed by atoms with Crippen LogP contribution in [0.15, 0.2) is 72.8 Å². The average Bonchev–Trinajstić information content (AvgIpc) is 3.05. The number of ketones is 1. The van der Waals surface area contributed by atoms with Gasteiger partial charge in [-0.15, -0.1) is 0 Å². The Balaban J connectivity index is 1.72. The van der Waals surface area contributed by atoms with Gasteiger partial charge < -0.3 is 10.1 Å². The van der Waals surface area contributed by atoms with Crippen LogP contribution in [0.5, 0.6) is 0 Å². The lowest BCUT2D eigenvalue weighted by atomic mass is 9.99. The van der Waals surface area contributed by atoms with Crippen molar-refractivity contribution in [2.45, 2.75) is 6.42 Å². The summed E-state index contributed by atoms with van der Waals surface area (Å²) in [5.74, 6) is -1.21. The lowest BCUT2D eigenvalue weighted by Crippen LogP contribution is -2.08. The fraction of sp³-hybridized carbons (Fsp3) is 0.0435. The monoisotopic (exact) mass is 389 g/mol. The molecular weight excluding hydrogens is 374 g/mol. The molecule has 0 unspecified atom stereocenters. The van der Waals surface area contributed by atoms with E-state index in [9.17, 15) is 14.7 Å². The lowest BCUT2D eigenvalue weighted by Gasteiger charge is -2.06. The molecule has 0 spiro atoms. The molecule has 4 rings (SSSR count). The van der Waals surface area contributed by atoms with Gasteiger partial charge >= 0.3 is 5.97 Å². The smallest absolute Gasteiger partial charge is 0.307 e. The Morgan fingerprint density at radius 1 is 0.893 bits per heavy atom. The van der Waals surface area contributed by atoms with E-state index in [1.54, 1.807) is 12.1 Å². The molecule has 28 heavy (non-hydrogen) atoms. The summed E-state index contributed by atoms with van der Waals surface area (Å²) < 4.78 is 0. The summed E-state index contributed by atoms with van der Waals surface area (Å²) >= 11 is 6.05. The number of hydrogen-bond donors (Lipinski definition) is 2. The summed E-state index contributed by atoms with van der Waals surface area (Å²) in [6, 6.07) is 22.0. The molecule has 0 aliphatic carbocycles. The average molecular weight is 390 g/mol. The second-order valence-corrected chi connectivity index (χ2v) is 6.95. The first kappa shape index (κ1) is 18.0. The van der Waals surface area contributed by atoms with E-state index >= 15 is 0 Å². The highest BCUT2D eigenvalue weighted by Gasteiger charge is 2.20. The first-order chi connectivity index (χ1) is 13.5. The molecular formula is C23H16ClNO3. The Kier molecular flexibility index (Phi) is 4.72. The van der Waals surface area contributed by atoms with Crippen LogP contribution in [0.25, 0.3) is 22.0 Å². The van der Waals surface area contributed by atoms with Crippen molar-refractivity contribution in [2.75, 3.05) is 0 Å². The molecule has 0 aliphatic heterocycles.